The Morgan fingerprint density at radius 2 is 1.82 bits per heavy atom. The summed E-state index contributed by atoms with van der Waals surface area (Å²) in [5.41, 5.74) is 0.240. The second kappa shape index (κ2) is 9.32. The second-order valence-corrected chi connectivity index (χ2v) is 7.74. The molecule has 0 unspecified atom stereocenters. The molecule has 1 aromatic carbocycles. The third-order valence-electron chi connectivity index (χ3n) is 5.50. The standard InChI is InChI=1S/C24H24N2O7/c1-2-31-23(30)19-17(20(27)26(25-19)16-10-5-3-6-11-16)12-9-13-18-21(28)32-24(33-22(18)29)14-7-4-8-15-24/h3,5-6,9-13,27H,2,4,7-8,14-15H2,1H3/b12-9+. The molecule has 9 heteroatoms. The highest BCUT2D eigenvalue weighted by Gasteiger charge is 2.46. The molecule has 33 heavy (non-hydrogen) atoms. The van der Waals surface area contributed by atoms with Gasteiger partial charge in [0, 0.05) is 12.8 Å². The van der Waals surface area contributed by atoms with Gasteiger partial charge in [-0.05, 0) is 44.1 Å². The number of esters is 3. The van der Waals surface area contributed by atoms with Crippen LogP contribution in [-0.2, 0) is 23.8 Å². The third kappa shape index (κ3) is 4.52. The van der Waals surface area contributed by atoms with E-state index in [2.05, 4.69) is 5.10 Å². The molecule has 2 fully saturated rings. The number of carbonyl (C=O) groups is 3. The molecule has 9 nitrogen and oxygen atoms in total. The minimum absolute atomic E-state index is 0.0791. The molecule has 1 saturated carbocycles. The van der Waals surface area contributed by atoms with E-state index in [1.165, 1.54) is 22.9 Å². The maximum Gasteiger partial charge on any atom is 0.359 e. The van der Waals surface area contributed by atoms with Crippen molar-refractivity contribution in [3.8, 4) is 11.6 Å². The van der Waals surface area contributed by atoms with E-state index in [-0.39, 0.29) is 29.3 Å². The molecule has 1 aromatic heterocycles. The van der Waals surface area contributed by atoms with Gasteiger partial charge in [0.05, 0.1) is 17.9 Å². The molecule has 0 bridgehead atoms. The van der Waals surface area contributed by atoms with Crippen LogP contribution in [0.5, 0.6) is 5.88 Å². The highest BCUT2D eigenvalue weighted by Crippen LogP contribution is 2.37. The predicted molar refractivity (Wildman–Crippen MR) is 116 cm³/mol. The van der Waals surface area contributed by atoms with Crippen LogP contribution in [-0.4, -0.2) is 45.2 Å². The predicted octanol–water partition coefficient (Wildman–Crippen LogP) is 3.45. The molecule has 1 aliphatic heterocycles. The average molecular weight is 452 g/mol. The highest BCUT2D eigenvalue weighted by atomic mass is 16.7. The van der Waals surface area contributed by atoms with Gasteiger partial charge in [-0.1, -0.05) is 30.7 Å². The van der Waals surface area contributed by atoms with E-state index < -0.39 is 23.7 Å². The minimum atomic E-state index is -1.17. The Hall–Kier alpha value is -3.88. The van der Waals surface area contributed by atoms with Gasteiger partial charge in [0.2, 0.25) is 5.88 Å². The Labute approximate surface area is 190 Å². The number of allylic oxidation sites excluding steroid dienone is 2. The lowest BCUT2D eigenvalue weighted by molar-refractivity contribution is -0.244. The summed E-state index contributed by atoms with van der Waals surface area (Å²) < 4.78 is 17.2. The first kappa shape index (κ1) is 22.3. The zero-order chi connectivity index (χ0) is 23.4. The van der Waals surface area contributed by atoms with Crippen molar-refractivity contribution in [3.63, 3.8) is 0 Å². The maximum atomic E-state index is 12.5. The molecule has 2 aliphatic rings. The summed E-state index contributed by atoms with van der Waals surface area (Å²) in [6, 6.07) is 8.77. The molecule has 1 spiro atoms. The number of hydrogen-bond donors (Lipinski definition) is 1. The van der Waals surface area contributed by atoms with E-state index in [9.17, 15) is 19.5 Å². The van der Waals surface area contributed by atoms with Crippen molar-refractivity contribution in [2.75, 3.05) is 6.61 Å². The van der Waals surface area contributed by atoms with Gasteiger partial charge in [0.15, 0.2) is 5.69 Å². The smallest absolute Gasteiger partial charge is 0.359 e. The lowest BCUT2D eigenvalue weighted by atomic mass is 9.93. The van der Waals surface area contributed by atoms with E-state index in [4.69, 9.17) is 14.2 Å². The minimum Gasteiger partial charge on any atom is -0.493 e. The summed E-state index contributed by atoms with van der Waals surface area (Å²) in [7, 11) is 0. The van der Waals surface area contributed by atoms with Crippen LogP contribution in [0.4, 0.5) is 0 Å². The molecular weight excluding hydrogens is 428 g/mol. The summed E-state index contributed by atoms with van der Waals surface area (Å²) in [6.45, 7) is 1.79. The fraction of sp³-hybridized carbons (Fsp3) is 0.333. The number of benzene rings is 1. The largest absolute Gasteiger partial charge is 0.493 e. The quantitative estimate of drug-likeness (QED) is 0.416. The Balaban J connectivity index is 1.63. The van der Waals surface area contributed by atoms with Crippen molar-refractivity contribution >= 4 is 24.0 Å². The fourth-order valence-corrected chi connectivity index (χ4v) is 3.90. The van der Waals surface area contributed by atoms with E-state index in [0.29, 0.717) is 18.5 Å². The van der Waals surface area contributed by atoms with Gasteiger partial charge in [0.25, 0.3) is 5.79 Å². The summed E-state index contributed by atoms with van der Waals surface area (Å²) >= 11 is 0. The summed E-state index contributed by atoms with van der Waals surface area (Å²) in [5, 5.41) is 14.9. The number of nitrogens with zero attached hydrogens (tertiary/aromatic N) is 2. The lowest BCUT2D eigenvalue weighted by Crippen LogP contribution is -2.47. The van der Waals surface area contributed by atoms with Crippen LogP contribution in [0.25, 0.3) is 11.8 Å². The van der Waals surface area contributed by atoms with Crippen LogP contribution in [0, 0.1) is 0 Å². The molecule has 1 saturated heterocycles. The first-order valence-corrected chi connectivity index (χ1v) is 10.8. The van der Waals surface area contributed by atoms with Crippen molar-refractivity contribution in [1.82, 2.24) is 9.78 Å². The van der Waals surface area contributed by atoms with Gasteiger partial charge < -0.3 is 19.3 Å². The molecule has 2 heterocycles. The number of hydrogen-bond acceptors (Lipinski definition) is 8. The van der Waals surface area contributed by atoms with Gasteiger partial charge in [-0.15, -0.1) is 0 Å². The zero-order valence-corrected chi connectivity index (χ0v) is 18.2. The van der Waals surface area contributed by atoms with Crippen molar-refractivity contribution in [2.45, 2.75) is 44.8 Å². The SMILES string of the molecule is CCOC(=O)c1nn(-c2ccccc2)c(O)c1/C=C/C=C1C(=O)OC2(CCCCC2)OC1=O. The van der Waals surface area contributed by atoms with Crippen LogP contribution in [0.3, 0.4) is 0 Å². The van der Waals surface area contributed by atoms with Gasteiger partial charge in [-0.3, -0.25) is 0 Å². The number of carbonyl (C=O) groups excluding carboxylic acids is 3. The average Bonchev–Trinajstić information content (AvgIpc) is 3.13. The molecule has 0 amide bonds. The van der Waals surface area contributed by atoms with Gasteiger partial charge in [-0.25, -0.2) is 14.4 Å². The van der Waals surface area contributed by atoms with Gasteiger partial charge in [-0.2, -0.15) is 9.78 Å². The van der Waals surface area contributed by atoms with Crippen molar-refractivity contribution in [2.24, 2.45) is 0 Å². The van der Waals surface area contributed by atoms with Crippen molar-refractivity contribution < 1.29 is 33.7 Å². The number of ether oxygens (including phenoxy) is 3. The fourth-order valence-electron chi connectivity index (χ4n) is 3.90. The molecule has 1 N–H and O–H groups in total. The zero-order valence-electron chi connectivity index (χ0n) is 18.2. The van der Waals surface area contributed by atoms with Gasteiger partial charge in [0.1, 0.15) is 5.57 Å². The molecule has 4 rings (SSSR count). The Morgan fingerprint density at radius 3 is 2.45 bits per heavy atom. The normalized spacial score (nSPS) is 17.7. The molecule has 2 aromatic rings. The molecular formula is C24H24N2O7. The summed E-state index contributed by atoms with van der Waals surface area (Å²) in [4.78, 5) is 37.3. The Morgan fingerprint density at radius 1 is 1.15 bits per heavy atom. The topological polar surface area (TPSA) is 117 Å². The van der Waals surface area contributed by atoms with E-state index in [1.54, 1.807) is 31.2 Å². The van der Waals surface area contributed by atoms with Crippen LogP contribution in [0.1, 0.15) is 55.1 Å². The van der Waals surface area contributed by atoms with Crippen LogP contribution in [0.2, 0.25) is 0 Å². The van der Waals surface area contributed by atoms with E-state index in [1.807, 2.05) is 6.07 Å². The highest BCUT2D eigenvalue weighted by molar-refractivity contribution is 6.15. The van der Waals surface area contributed by atoms with Crippen LogP contribution in [0.15, 0.2) is 48.1 Å². The summed E-state index contributed by atoms with van der Waals surface area (Å²) in [6.07, 6.45) is 7.58. The first-order chi connectivity index (χ1) is 15.9. The van der Waals surface area contributed by atoms with Gasteiger partial charge >= 0.3 is 17.9 Å². The van der Waals surface area contributed by atoms with Crippen LogP contribution >= 0.6 is 0 Å². The Kier molecular flexibility index (Phi) is 6.30. The Bertz CT molecular complexity index is 1100. The monoisotopic (exact) mass is 452 g/mol. The third-order valence-corrected chi connectivity index (χ3v) is 5.50. The molecule has 0 radical (unpaired) electrons. The number of aromatic nitrogens is 2. The van der Waals surface area contributed by atoms with Crippen molar-refractivity contribution in [3.05, 3.63) is 59.3 Å². The summed E-state index contributed by atoms with van der Waals surface area (Å²) in [5.74, 6) is -3.70. The maximum absolute atomic E-state index is 12.5. The molecule has 1 aliphatic carbocycles. The lowest BCUT2D eigenvalue weighted by Gasteiger charge is -2.38. The van der Waals surface area contributed by atoms with E-state index in [0.717, 1.165) is 19.3 Å². The number of para-hydroxylation sites is 1. The molecule has 0 atom stereocenters. The first-order valence-electron chi connectivity index (χ1n) is 10.8. The van der Waals surface area contributed by atoms with Crippen LogP contribution < -0.4 is 0 Å². The number of rotatable bonds is 5. The van der Waals surface area contributed by atoms with Crippen molar-refractivity contribution in [1.29, 1.82) is 0 Å². The molecule has 172 valence electrons. The van der Waals surface area contributed by atoms with E-state index >= 15 is 0 Å². The number of aromatic hydroxyl groups is 1. The second-order valence-electron chi connectivity index (χ2n) is 7.74.